The molecule has 0 saturated carbocycles. The van der Waals surface area contributed by atoms with E-state index in [1.165, 1.54) is 26.5 Å². The fraction of sp³-hybridized carbons (Fsp3) is 0.556. The molecule has 3 heterocycles. The van der Waals surface area contributed by atoms with E-state index in [0.29, 0.717) is 17.5 Å². The van der Waals surface area contributed by atoms with Gasteiger partial charge in [-0.25, -0.2) is 9.78 Å². The summed E-state index contributed by atoms with van der Waals surface area (Å²) in [5.41, 5.74) is 2.53. The number of hydrogen-bond donors (Lipinski definition) is 0. The summed E-state index contributed by atoms with van der Waals surface area (Å²) in [6.45, 7) is 6.89. The number of esters is 1. The Hall–Kier alpha value is -1.88. The molecule has 23 heavy (non-hydrogen) atoms. The van der Waals surface area contributed by atoms with Crippen LogP contribution in [-0.4, -0.2) is 46.5 Å². The van der Waals surface area contributed by atoms with Gasteiger partial charge in [-0.1, -0.05) is 0 Å². The zero-order chi connectivity index (χ0) is 16.4. The lowest BCUT2D eigenvalue weighted by Crippen LogP contribution is -2.40. The first kappa shape index (κ1) is 16.0. The number of fused-ring (bicyclic) bond motifs is 1. The smallest absolute Gasteiger partial charge is 0.339 e. The number of piperidine rings is 1. The molecule has 3 rings (SSSR count). The molecule has 0 spiro atoms. The van der Waals surface area contributed by atoms with Crippen LogP contribution in [0.25, 0.3) is 5.65 Å². The highest BCUT2D eigenvalue weighted by Crippen LogP contribution is 2.22. The molecular formula is C18H25N3O2. The van der Waals surface area contributed by atoms with Gasteiger partial charge < -0.3 is 14.0 Å². The summed E-state index contributed by atoms with van der Waals surface area (Å²) in [4.78, 5) is 18.9. The maximum atomic E-state index is 11.6. The molecular weight excluding hydrogens is 290 g/mol. The van der Waals surface area contributed by atoms with E-state index in [2.05, 4.69) is 18.7 Å². The monoisotopic (exact) mass is 315 g/mol. The highest BCUT2D eigenvalue weighted by Gasteiger charge is 2.22. The van der Waals surface area contributed by atoms with Crippen molar-refractivity contribution in [3.05, 3.63) is 35.8 Å². The SMILES string of the molecule is COC(=O)c1ccc2nc(CC3CCCN(C(C)C)C3)cn2c1. The first-order valence-electron chi connectivity index (χ1n) is 8.37. The molecule has 5 nitrogen and oxygen atoms in total. The fourth-order valence-corrected chi connectivity index (χ4v) is 3.41. The van der Waals surface area contributed by atoms with Crippen molar-refractivity contribution in [3.8, 4) is 0 Å². The molecule has 1 saturated heterocycles. The van der Waals surface area contributed by atoms with Gasteiger partial charge in [0.25, 0.3) is 0 Å². The zero-order valence-corrected chi connectivity index (χ0v) is 14.2. The number of methoxy groups -OCH3 is 1. The fourth-order valence-electron chi connectivity index (χ4n) is 3.41. The van der Waals surface area contributed by atoms with Crippen LogP contribution in [0.15, 0.2) is 24.5 Å². The highest BCUT2D eigenvalue weighted by molar-refractivity contribution is 5.89. The highest BCUT2D eigenvalue weighted by atomic mass is 16.5. The van der Waals surface area contributed by atoms with Gasteiger partial charge in [-0.2, -0.15) is 0 Å². The molecule has 0 radical (unpaired) electrons. The van der Waals surface area contributed by atoms with Crippen molar-refractivity contribution in [3.63, 3.8) is 0 Å². The van der Waals surface area contributed by atoms with E-state index in [0.717, 1.165) is 24.3 Å². The summed E-state index contributed by atoms with van der Waals surface area (Å²) in [7, 11) is 1.40. The van der Waals surface area contributed by atoms with Crippen molar-refractivity contribution in [1.82, 2.24) is 14.3 Å². The van der Waals surface area contributed by atoms with Crippen LogP contribution in [0.5, 0.6) is 0 Å². The van der Waals surface area contributed by atoms with E-state index >= 15 is 0 Å². The molecule has 2 aromatic rings. The Balaban J connectivity index is 1.74. The molecule has 1 aliphatic rings. The maximum Gasteiger partial charge on any atom is 0.339 e. The van der Waals surface area contributed by atoms with Gasteiger partial charge in [0, 0.05) is 25.0 Å². The van der Waals surface area contributed by atoms with Crippen molar-refractivity contribution in [1.29, 1.82) is 0 Å². The second kappa shape index (κ2) is 6.71. The van der Waals surface area contributed by atoms with Gasteiger partial charge in [-0.3, -0.25) is 0 Å². The molecule has 0 aliphatic carbocycles. The second-order valence-electron chi connectivity index (χ2n) is 6.71. The van der Waals surface area contributed by atoms with Crippen LogP contribution in [0.4, 0.5) is 0 Å². The van der Waals surface area contributed by atoms with E-state index in [1.807, 2.05) is 16.7 Å². The molecule has 0 N–H and O–H groups in total. The molecule has 1 aliphatic heterocycles. The van der Waals surface area contributed by atoms with E-state index in [4.69, 9.17) is 9.72 Å². The van der Waals surface area contributed by atoms with Crippen LogP contribution in [-0.2, 0) is 11.2 Å². The average molecular weight is 315 g/mol. The van der Waals surface area contributed by atoms with E-state index in [1.54, 1.807) is 12.3 Å². The molecule has 2 aromatic heterocycles. The number of aromatic nitrogens is 2. The molecule has 5 heteroatoms. The zero-order valence-electron chi connectivity index (χ0n) is 14.2. The van der Waals surface area contributed by atoms with E-state index in [9.17, 15) is 4.79 Å². The molecule has 124 valence electrons. The average Bonchev–Trinajstić information content (AvgIpc) is 2.95. The molecule has 1 atom stereocenters. The van der Waals surface area contributed by atoms with Crippen LogP contribution in [0.2, 0.25) is 0 Å². The third-order valence-corrected chi connectivity index (χ3v) is 4.70. The Morgan fingerprint density at radius 2 is 2.22 bits per heavy atom. The van der Waals surface area contributed by atoms with Crippen molar-refractivity contribution >= 4 is 11.6 Å². The van der Waals surface area contributed by atoms with Gasteiger partial charge in [-0.05, 0) is 57.7 Å². The first-order chi connectivity index (χ1) is 11.1. The third kappa shape index (κ3) is 3.55. The van der Waals surface area contributed by atoms with Gasteiger partial charge in [-0.15, -0.1) is 0 Å². The lowest BCUT2D eigenvalue weighted by atomic mass is 9.93. The number of likely N-dealkylation sites (tertiary alicyclic amines) is 1. The van der Waals surface area contributed by atoms with Crippen LogP contribution in [0.1, 0.15) is 42.7 Å². The van der Waals surface area contributed by atoms with E-state index < -0.39 is 0 Å². The number of rotatable bonds is 4. The quantitative estimate of drug-likeness (QED) is 0.814. The first-order valence-corrected chi connectivity index (χ1v) is 8.37. The number of pyridine rings is 1. The Morgan fingerprint density at radius 3 is 2.96 bits per heavy atom. The Kier molecular flexibility index (Phi) is 4.66. The van der Waals surface area contributed by atoms with Gasteiger partial charge in [0.15, 0.2) is 0 Å². The molecule has 0 bridgehead atoms. The van der Waals surface area contributed by atoms with Gasteiger partial charge in [0.1, 0.15) is 5.65 Å². The van der Waals surface area contributed by atoms with Gasteiger partial charge in [0.2, 0.25) is 0 Å². The predicted molar refractivity (Wildman–Crippen MR) is 89.7 cm³/mol. The van der Waals surface area contributed by atoms with E-state index in [-0.39, 0.29) is 5.97 Å². The summed E-state index contributed by atoms with van der Waals surface area (Å²) in [6, 6.07) is 4.25. The Morgan fingerprint density at radius 1 is 1.39 bits per heavy atom. The second-order valence-corrected chi connectivity index (χ2v) is 6.71. The summed E-state index contributed by atoms with van der Waals surface area (Å²) < 4.78 is 6.69. The summed E-state index contributed by atoms with van der Waals surface area (Å²) in [5, 5.41) is 0. The minimum atomic E-state index is -0.318. The Labute approximate surface area is 137 Å². The van der Waals surface area contributed by atoms with Gasteiger partial charge >= 0.3 is 5.97 Å². The van der Waals surface area contributed by atoms with Crippen molar-refractivity contribution < 1.29 is 9.53 Å². The summed E-state index contributed by atoms with van der Waals surface area (Å²) >= 11 is 0. The largest absolute Gasteiger partial charge is 0.465 e. The van der Waals surface area contributed by atoms with Crippen LogP contribution in [0, 0.1) is 5.92 Å². The van der Waals surface area contributed by atoms with Crippen LogP contribution < -0.4 is 0 Å². The number of hydrogen-bond acceptors (Lipinski definition) is 4. The number of ether oxygens (including phenoxy) is 1. The van der Waals surface area contributed by atoms with Crippen molar-refractivity contribution in [2.45, 2.75) is 39.2 Å². The molecule has 0 amide bonds. The summed E-state index contributed by atoms with van der Waals surface area (Å²) in [5.74, 6) is 0.346. The lowest BCUT2D eigenvalue weighted by molar-refractivity contribution is 0.0600. The topological polar surface area (TPSA) is 46.8 Å². The number of nitrogens with zero attached hydrogens (tertiary/aromatic N) is 3. The van der Waals surface area contributed by atoms with Gasteiger partial charge in [0.05, 0.1) is 18.4 Å². The predicted octanol–water partition coefficient (Wildman–Crippen LogP) is 2.78. The number of carbonyl (C=O) groups excluding carboxylic acids is 1. The molecule has 1 fully saturated rings. The van der Waals surface area contributed by atoms with Crippen molar-refractivity contribution in [2.75, 3.05) is 20.2 Å². The minimum Gasteiger partial charge on any atom is -0.465 e. The number of carbonyl (C=O) groups is 1. The third-order valence-electron chi connectivity index (χ3n) is 4.70. The summed E-state index contributed by atoms with van der Waals surface area (Å²) in [6.07, 6.45) is 7.36. The van der Waals surface area contributed by atoms with Crippen LogP contribution in [0.3, 0.4) is 0 Å². The lowest BCUT2D eigenvalue weighted by Gasteiger charge is -2.35. The molecule has 0 aromatic carbocycles. The standard InChI is InChI=1S/C18H25N3O2/c1-13(2)20-8-4-5-14(10-20)9-16-12-21-11-15(18(22)23-3)6-7-17(21)19-16/h6-7,11-14H,4-5,8-10H2,1-3H3. The van der Waals surface area contributed by atoms with Crippen LogP contribution >= 0.6 is 0 Å². The van der Waals surface area contributed by atoms with Crippen molar-refractivity contribution in [2.24, 2.45) is 5.92 Å². The number of imidazole rings is 1. The minimum absolute atomic E-state index is 0.318. The normalized spacial score (nSPS) is 19.4. The molecule has 1 unspecified atom stereocenters. The Bertz CT molecular complexity index is 693. The maximum absolute atomic E-state index is 11.6.